The second-order valence-electron chi connectivity index (χ2n) is 6.39. The fraction of sp³-hybridized carbons (Fsp3) is 0.875. The fourth-order valence-corrected chi connectivity index (χ4v) is 3.31. The molecule has 0 radical (unpaired) electrons. The Morgan fingerprint density at radius 3 is 2.43 bits per heavy atom. The zero-order valence-electron chi connectivity index (χ0n) is 13.4. The van der Waals surface area contributed by atoms with Gasteiger partial charge in [0.15, 0.2) is 0 Å². The van der Waals surface area contributed by atoms with Crippen molar-refractivity contribution in [3.8, 4) is 0 Å². The summed E-state index contributed by atoms with van der Waals surface area (Å²) < 4.78 is 0. The van der Waals surface area contributed by atoms with Crippen LogP contribution in [0.2, 0.25) is 0 Å². The van der Waals surface area contributed by atoms with Crippen molar-refractivity contribution in [1.82, 2.24) is 15.5 Å². The van der Waals surface area contributed by atoms with Gasteiger partial charge in [-0.1, -0.05) is 19.8 Å². The van der Waals surface area contributed by atoms with Gasteiger partial charge < -0.3 is 15.5 Å². The van der Waals surface area contributed by atoms with E-state index in [9.17, 15) is 9.59 Å². The van der Waals surface area contributed by atoms with Crippen LogP contribution in [0.25, 0.3) is 0 Å². The van der Waals surface area contributed by atoms with Gasteiger partial charge in [-0.3, -0.25) is 9.59 Å². The maximum Gasteiger partial charge on any atom is 0.226 e. The van der Waals surface area contributed by atoms with E-state index in [2.05, 4.69) is 17.6 Å². The summed E-state index contributed by atoms with van der Waals surface area (Å²) in [7, 11) is 0. The highest BCUT2D eigenvalue weighted by Crippen LogP contribution is 2.32. The highest BCUT2D eigenvalue weighted by atomic mass is 16.2. The van der Waals surface area contributed by atoms with Gasteiger partial charge in [0, 0.05) is 44.1 Å². The highest BCUT2D eigenvalue weighted by molar-refractivity contribution is 5.88. The molecule has 5 nitrogen and oxygen atoms in total. The van der Waals surface area contributed by atoms with Gasteiger partial charge >= 0.3 is 0 Å². The summed E-state index contributed by atoms with van der Waals surface area (Å²) in [4.78, 5) is 27.2. The summed E-state index contributed by atoms with van der Waals surface area (Å²) in [5.74, 6) is 0.0362. The van der Waals surface area contributed by atoms with E-state index in [1.165, 1.54) is 0 Å². The summed E-state index contributed by atoms with van der Waals surface area (Å²) in [5, 5.41) is 6.33. The molecule has 2 aliphatic rings. The number of hydrogen-bond donors (Lipinski definition) is 2. The van der Waals surface area contributed by atoms with E-state index in [1.54, 1.807) is 0 Å². The van der Waals surface area contributed by atoms with Crippen LogP contribution in [0.15, 0.2) is 0 Å². The van der Waals surface area contributed by atoms with Gasteiger partial charge in [-0.2, -0.15) is 0 Å². The molecule has 0 aromatic rings. The lowest BCUT2D eigenvalue weighted by atomic mass is 9.77. The van der Waals surface area contributed by atoms with Crippen LogP contribution in [-0.4, -0.2) is 48.9 Å². The van der Waals surface area contributed by atoms with Gasteiger partial charge in [0.05, 0.1) is 0 Å². The summed E-state index contributed by atoms with van der Waals surface area (Å²) in [6, 6.07) is 0.189. The molecule has 21 heavy (non-hydrogen) atoms. The Labute approximate surface area is 127 Å². The van der Waals surface area contributed by atoms with Gasteiger partial charge in [-0.05, 0) is 26.2 Å². The standard InChI is InChI=1S/C16H29N3O2/c1-3-12(2)18-15(20)13-6-4-5-7-14(13)16(21)19-10-8-17-9-11-19/h12-14,17H,3-11H2,1-2H3,(H,18,20). The number of piperazine rings is 1. The van der Waals surface area contributed by atoms with E-state index in [0.717, 1.165) is 58.3 Å². The molecule has 1 saturated heterocycles. The Morgan fingerprint density at radius 1 is 1.19 bits per heavy atom. The maximum atomic E-state index is 12.7. The monoisotopic (exact) mass is 295 g/mol. The topological polar surface area (TPSA) is 61.4 Å². The SMILES string of the molecule is CCC(C)NC(=O)C1CCCCC1C(=O)N1CCNCC1. The zero-order chi connectivity index (χ0) is 15.2. The molecule has 3 unspecified atom stereocenters. The minimum absolute atomic E-state index is 0.0811. The van der Waals surface area contributed by atoms with E-state index in [4.69, 9.17) is 0 Å². The Balaban J connectivity index is 2.00. The molecule has 2 rings (SSSR count). The average Bonchev–Trinajstić information content (AvgIpc) is 2.54. The quantitative estimate of drug-likeness (QED) is 0.817. The molecular weight excluding hydrogens is 266 g/mol. The third kappa shape index (κ3) is 4.19. The van der Waals surface area contributed by atoms with E-state index in [0.29, 0.717) is 0 Å². The Bertz CT molecular complexity index is 367. The van der Waals surface area contributed by atoms with Crippen molar-refractivity contribution in [3.05, 3.63) is 0 Å². The van der Waals surface area contributed by atoms with Crippen molar-refractivity contribution in [2.24, 2.45) is 11.8 Å². The second-order valence-corrected chi connectivity index (χ2v) is 6.39. The van der Waals surface area contributed by atoms with Crippen molar-refractivity contribution < 1.29 is 9.59 Å². The lowest BCUT2D eigenvalue weighted by molar-refractivity contribution is -0.144. The van der Waals surface area contributed by atoms with Crippen LogP contribution in [0.5, 0.6) is 0 Å². The van der Waals surface area contributed by atoms with Crippen LogP contribution in [0.1, 0.15) is 46.0 Å². The summed E-state index contributed by atoms with van der Waals surface area (Å²) in [6.07, 6.45) is 4.76. The van der Waals surface area contributed by atoms with Crippen molar-refractivity contribution >= 4 is 11.8 Å². The van der Waals surface area contributed by atoms with Crippen LogP contribution in [0, 0.1) is 11.8 Å². The van der Waals surface area contributed by atoms with Gasteiger partial charge in [-0.15, -0.1) is 0 Å². The maximum absolute atomic E-state index is 12.7. The first-order chi connectivity index (χ1) is 10.1. The van der Waals surface area contributed by atoms with Crippen molar-refractivity contribution in [2.45, 2.75) is 52.0 Å². The van der Waals surface area contributed by atoms with E-state index < -0.39 is 0 Å². The minimum Gasteiger partial charge on any atom is -0.353 e. The normalized spacial score (nSPS) is 28.0. The van der Waals surface area contributed by atoms with Crippen LogP contribution in [-0.2, 0) is 9.59 Å². The van der Waals surface area contributed by atoms with Crippen molar-refractivity contribution in [2.75, 3.05) is 26.2 Å². The predicted octanol–water partition coefficient (Wildman–Crippen LogP) is 1.14. The van der Waals surface area contributed by atoms with Gasteiger partial charge in [-0.25, -0.2) is 0 Å². The molecule has 1 aliphatic heterocycles. The molecule has 2 N–H and O–H groups in total. The third-order valence-electron chi connectivity index (χ3n) is 4.85. The molecule has 1 saturated carbocycles. The molecular formula is C16H29N3O2. The largest absolute Gasteiger partial charge is 0.353 e. The molecule has 2 fully saturated rings. The summed E-state index contributed by atoms with van der Waals surface area (Å²) in [5.41, 5.74) is 0. The summed E-state index contributed by atoms with van der Waals surface area (Å²) in [6.45, 7) is 7.36. The smallest absolute Gasteiger partial charge is 0.226 e. The minimum atomic E-state index is -0.130. The van der Waals surface area contributed by atoms with Gasteiger partial charge in [0.25, 0.3) is 0 Å². The number of carbonyl (C=O) groups is 2. The molecule has 1 aliphatic carbocycles. The van der Waals surface area contributed by atoms with Gasteiger partial charge in [0.1, 0.15) is 0 Å². The lowest BCUT2D eigenvalue weighted by Gasteiger charge is -2.36. The van der Waals surface area contributed by atoms with E-state index in [1.807, 2.05) is 11.8 Å². The molecule has 120 valence electrons. The Kier molecular flexibility index (Phi) is 6.03. The van der Waals surface area contributed by atoms with Crippen molar-refractivity contribution in [3.63, 3.8) is 0 Å². The Hall–Kier alpha value is -1.10. The van der Waals surface area contributed by atoms with E-state index >= 15 is 0 Å². The van der Waals surface area contributed by atoms with Crippen LogP contribution in [0.3, 0.4) is 0 Å². The lowest BCUT2D eigenvalue weighted by Crippen LogP contribution is -2.52. The number of carbonyl (C=O) groups excluding carboxylic acids is 2. The number of amides is 2. The highest BCUT2D eigenvalue weighted by Gasteiger charge is 2.38. The molecule has 2 amide bonds. The first kappa shape index (κ1) is 16.3. The van der Waals surface area contributed by atoms with Crippen LogP contribution < -0.4 is 10.6 Å². The second kappa shape index (κ2) is 7.78. The molecule has 0 spiro atoms. The number of nitrogens with one attached hydrogen (secondary N) is 2. The first-order valence-electron chi connectivity index (χ1n) is 8.43. The fourth-order valence-electron chi connectivity index (χ4n) is 3.31. The number of nitrogens with zero attached hydrogens (tertiary/aromatic N) is 1. The van der Waals surface area contributed by atoms with Crippen molar-refractivity contribution in [1.29, 1.82) is 0 Å². The molecule has 3 atom stereocenters. The third-order valence-corrected chi connectivity index (χ3v) is 4.85. The average molecular weight is 295 g/mol. The molecule has 1 heterocycles. The number of rotatable bonds is 4. The number of hydrogen-bond acceptors (Lipinski definition) is 3. The van der Waals surface area contributed by atoms with Crippen LogP contribution in [0.4, 0.5) is 0 Å². The first-order valence-corrected chi connectivity index (χ1v) is 8.43. The predicted molar refractivity (Wildman–Crippen MR) is 82.8 cm³/mol. The molecule has 0 aromatic carbocycles. The molecule has 0 bridgehead atoms. The summed E-state index contributed by atoms with van der Waals surface area (Å²) >= 11 is 0. The Morgan fingerprint density at radius 2 is 1.81 bits per heavy atom. The molecule has 5 heteroatoms. The van der Waals surface area contributed by atoms with Crippen LogP contribution >= 0.6 is 0 Å². The molecule has 0 aromatic heterocycles. The van der Waals surface area contributed by atoms with Gasteiger partial charge in [0.2, 0.25) is 11.8 Å². The zero-order valence-corrected chi connectivity index (χ0v) is 13.4. The van der Waals surface area contributed by atoms with E-state index in [-0.39, 0.29) is 29.7 Å².